The van der Waals surface area contributed by atoms with Crippen LogP contribution >= 0.6 is 0 Å². The van der Waals surface area contributed by atoms with Crippen molar-refractivity contribution in [3.05, 3.63) is 35.9 Å². The molecule has 3 atom stereocenters. The summed E-state index contributed by atoms with van der Waals surface area (Å²) in [6.45, 7) is 0.498. The Morgan fingerprint density at radius 3 is 2.83 bits per heavy atom. The molecule has 1 aliphatic rings. The number of carbonyl (C=O) groups is 1. The number of ether oxygens (including phenoxy) is 1. The smallest absolute Gasteiger partial charge is 0.323 e. The van der Waals surface area contributed by atoms with E-state index < -0.39 is 24.1 Å². The minimum Gasteiger partial charge on any atom is -0.460 e. The highest BCUT2D eigenvalue weighted by molar-refractivity contribution is 5.76. The number of benzene rings is 1. The van der Waals surface area contributed by atoms with Crippen LogP contribution < -0.4 is 11.1 Å². The van der Waals surface area contributed by atoms with Crippen LogP contribution in [0.3, 0.4) is 0 Å². The lowest BCUT2D eigenvalue weighted by molar-refractivity contribution is -0.148. The third-order valence-electron chi connectivity index (χ3n) is 3.18. The maximum absolute atomic E-state index is 13.4. The van der Waals surface area contributed by atoms with Crippen molar-refractivity contribution in [3.63, 3.8) is 0 Å². The van der Waals surface area contributed by atoms with Gasteiger partial charge in [-0.25, -0.2) is 4.39 Å². The molecule has 4 nitrogen and oxygen atoms in total. The van der Waals surface area contributed by atoms with Gasteiger partial charge in [-0.05, 0) is 5.56 Å². The number of hydrogen-bond donors (Lipinski definition) is 2. The number of rotatable bonds is 4. The van der Waals surface area contributed by atoms with Crippen LogP contribution in [0.4, 0.5) is 4.39 Å². The second-order valence-corrected chi connectivity index (χ2v) is 4.39. The standard InChI is InChI=1S/C13H17FN2O2/c14-11-7-16-12(10(11)6-15)13(17)18-8-9-4-2-1-3-5-9/h1-5,10-12,16H,6-8,15H2. The molecule has 0 bridgehead atoms. The quantitative estimate of drug-likeness (QED) is 0.771. The number of esters is 1. The molecular formula is C13H17FN2O2. The number of carbonyl (C=O) groups excluding carboxylic acids is 1. The lowest BCUT2D eigenvalue weighted by atomic mass is 10.00. The van der Waals surface area contributed by atoms with Crippen molar-refractivity contribution in [2.24, 2.45) is 11.7 Å². The predicted molar refractivity (Wildman–Crippen MR) is 65.5 cm³/mol. The van der Waals surface area contributed by atoms with E-state index in [1.165, 1.54) is 0 Å². The fourth-order valence-electron chi connectivity index (χ4n) is 2.11. The minimum atomic E-state index is -1.08. The number of alkyl halides is 1. The molecule has 1 aromatic carbocycles. The highest BCUT2D eigenvalue weighted by atomic mass is 19.1. The van der Waals surface area contributed by atoms with Gasteiger partial charge in [0.2, 0.25) is 0 Å². The Morgan fingerprint density at radius 2 is 2.17 bits per heavy atom. The Kier molecular flexibility index (Phi) is 4.28. The molecule has 1 heterocycles. The normalized spacial score (nSPS) is 27.1. The first-order valence-electron chi connectivity index (χ1n) is 6.00. The summed E-state index contributed by atoms with van der Waals surface area (Å²) in [5, 5.41) is 2.81. The van der Waals surface area contributed by atoms with E-state index in [0.29, 0.717) is 0 Å². The third kappa shape index (κ3) is 2.86. The van der Waals surface area contributed by atoms with Gasteiger partial charge < -0.3 is 15.8 Å². The van der Waals surface area contributed by atoms with Crippen LogP contribution in [0.25, 0.3) is 0 Å². The molecule has 0 spiro atoms. The lowest BCUT2D eigenvalue weighted by Crippen LogP contribution is -2.40. The van der Waals surface area contributed by atoms with Crippen LogP contribution in [0.5, 0.6) is 0 Å². The second-order valence-electron chi connectivity index (χ2n) is 4.39. The minimum absolute atomic E-state index is 0.138. The average Bonchev–Trinajstić information content (AvgIpc) is 2.78. The fraction of sp³-hybridized carbons (Fsp3) is 0.462. The lowest BCUT2D eigenvalue weighted by Gasteiger charge is -2.17. The Hall–Kier alpha value is -1.46. The van der Waals surface area contributed by atoms with E-state index in [0.717, 1.165) is 5.56 Å². The molecule has 0 aliphatic carbocycles. The zero-order valence-electron chi connectivity index (χ0n) is 10.0. The summed E-state index contributed by atoms with van der Waals surface area (Å²) in [7, 11) is 0. The Bertz CT molecular complexity index is 399. The molecule has 1 fully saturated rings. The van der Waals surface area contributed by atoms with Gasteiger partial charge in [-0.3, -0.25) is 4.79 Å². The van der Waals surface area contributed by atoms with Crippen molar-refractivity contribution in [2.45, 2.75) is 18.8 Å². The maximum Gasteiger partial charge on any atom is 0.323 e. The Labute approximate surface area is 105 Å². The summed E-state index contributed by atoms with van der Waals surface area (Å²) in [6.07, 6.45) is -1.08. The second kappa shape index (κ2) is 5.93. The number of halogens is 1. The monoisotopic (exact) mass is 252 g/mol. The summed E-state index contributed by atoms with van der Waals surface area (Å²) in [4.78, 5) is 11.8. The van der Waals surface area contributed by atoms with Gasteiger partial charge in [0, 0.05) is 19.0 Å². The van der Waals surface area contributed by atoms with Gasteiger partial charge in [-0.2, -0.15) is 0 Å². The molecule has 1 aromatic rings. The highest BCUT2D eigenvalue weighted by Gasteiger charge is 2.40. The average molecular weight is 252 g/mol. The van der Waals surface area contributed by atoms with Crippen LogP contribution in [0.2, 0.25) is 0 Å². The van der Waals surface area contributed by atoms with Crippen LogP contribution in [0.1, 0.15) is 5.56 Å². The van der Waals surface area contributed by atoms with E-state index in [9.17, 15) is 9.18 Å². The van der Waals surface area contributed by atoms with Crippen molar-refractivity contribution in [1.29, 1.82) is 0 Å². The number of nitrogens with one attached hydrogen (secondary N) is 1. The van der Waals surface area contributed by atoms with Crippen LogP contribution in [0.15, 0.2) is 30.3 Å². The number of nitrogens with two attached hydrogens (primary N) is 1. The van der Waals surface area contributed by atoms with Gasteiger partial charge >= 0.3 is 5.97 Å². The zero-order valence-corrected chi connectivity index (χ0v) is 10.0. The van der Waals surface area contributed by atoms with Gasteiger partial charge in [0.1, 0.15) is 18.8 Å². The summed E-state index contributed by atoms with van der Waals surface area (Å²) in [5.74, 6) is -0.928. The molecule has 3 N–H and O–H groups in total. The molecule has 0 aromatic heterocycles. The molecule has 98 valence electrons. The Morgan fingerprint density at radius 1 is 1.44 bits per heavy atom. The maximum atomic E-state index is 13.4. The molecule has 3 unspecified atom stereocenters. The van der Waals surface area contributed by atoms with Crippen molar-refractivity contribution in [2.75, 3.05) is 13.1 Å². The molecule has 18 heavy (non-hydrogen) atoms. The van der Waals surface area contributed by atoms with E-state index in [1.54, 1.807) is 0 Å². The highest BCUT2D eigenvalue weighted by Crippen LogP contribution is 2.19. The van der Waals surface area contributed by atoms with E-state index >= 15 is 0 Å². The van der Waals surface area contributed by atoms with E-state index in [1.807, 2.05) is 30.3 Å². The molecule has 1 aliphatic heterocycles. The van der Waals surface area contributed by atoms with Crippen LogP contribution in [0, 0.1) is 5.92 Å². The number of hydrogen-bond acceptors (Lipinski definition) is 4. The van der Waals surface area contributed by atoms with Gasteiger partial charge in [-0.1, -0.05) is 30.3 Å². The van der Waals surface area contributed by atoms with Crippen molar-refractivity contribution < 1.29 is 13.9 Å². The van der Waals surface area contributed by atoms with E-state index in [-0.39, 0.29) is 19.7 Å². The summed E-state index contributed by atoms with van der Waals surface area (Å²) in [6, 6.07) is 8.74. The molecule has 2 rings (SSSR count). The first-order valence-corrected chi connectivity index (χ1v) is 6.00. The topological polar surface area (TPSA) is 64.3 Å². The summed E-state index contributed by atoms with van der Waals surface area (Å²) < 4.78 is 18.6. The molecule has 0 radical (unpaired) electrons. The van der Waals surface area contributed by atoms with Gasteiger partial charge in [0.15, 0.2) is 0 Å². The SMILES string of the molecule is NCC1C(F)CNC1C(=O)OCc1ccccc1. The first kappa shape index (κ1) is 13.0. The molecule has 0 saturated carbocycles. The van der Waals surface area contributed by atoms with Crippen molar-refractivity contribution in [1.82, 2.24) is 5.32 Å². The third-order valence-corrected chi connectivity index (χ3v) is 3.18. The summed E-state index contributed by atoms with van der Waals surface area (Å²) >= 11 is 0. The van der Waals surface area contributed by atoms with Gasteiger partial charge in [0.25, 0.3) is 0 Å². The van der Waals surface area contributed by atoms with Crippen molar-refractivity contribution >= 4 is 5.97 Å². The van der Waals surface area contributed by atoms with Crippen LogP contribution in [-0.2, 0) is 16.1 Å². The van der Waals surface area contributed by atoms with Gasteiger partial charge in [0.05, 0.1) is 0 Å². The molecular weight excluding hydrogens is 235 g/mol. The largest absolute Gasteiger partial charge is 0.460 e. The predicted octanol–water partition coefficient (Wildman–Crippen LogP) is 0.615. The van der Waals surface area contributed by atoms with Crippen LogP contribution in [-0.4, -0.2) is 31.3 Å². The zero-order chi connectivity index (χ0) is 13.0. The first-order chi connectivity index (χ1) is 8.72. The molecule has 0 amide bonds. The Balaban J connectivity index is 1.88. The van der Waals surface area contributed by atoms with E-state index in [4.69, 9.17) is 10.5 Å². The van der Waals surface area contributed by atoms with E-state index in [2.05, 4.69) is 5.32 Å². The summed E-state index contributed by atoms with van der Waals surface area (Å²) in [5.41, 5.74) is 6.38. The van der Waals surface area contributed by atoms with Gasteiger partial charge in [-0.15, -0.1) is 0 Å². The fourth-order valence-corrected chi connectivity index (χ4v) is 2.11. The molecule has 5 heteroatoms. The van der Waals surface area contributed by atoms with Crippen molar-refractivity contribution in [3.8, 4) is 0 Å². The molecule has 1 saturated heterocycles.